The van der Waals surface area contributed by atoms with Gasteiger partial charge >= 0.3 is 0 Å². The summed E-state index contributed by atoms with van der Waals surface area (Å²) in [7, 11) is 0. The average molecular weight is 661 g/mol. The van der Waals surface area contributed by atoms with E-state index in [0.717, 1.165) is 33.5 Å². The van der Waals surface area contributed by atoms with Crippen LogP contribution in [0.4, 0.5) is 0 Å². The Morgan fingerprint density at radius 3 is 2.00 bits per heavy atom. The zero-order valence-corrected chi connectivity index (χ0v) is 28.0. The van der Waals surface area contributed by atoms with Crippen LogP contribution in [0.2, 0.25) is 0 Å². The third kappa shape index (κ3) is 3.70. The van der Waals surface area contributed by atoms with E-state index in [1.54, 1.807) is 0 Å². The third-order valence-electron chi connectivity index (χ3n) is 11.1. The highest BCUT2D eigenvalue weighted by atomic mass is 15.0. The van der Waals surface area contributed by atoms with E-state index in [2.05, 4.69) is 172 Å². The number of nitrogens with zero attached hydrogens (tertiary/aromatic N) is 4. The van der Waals surface area contributed by atoms with Crippen molar-refractivity contribution in [2.75, 3.05) is 0 Å². The number of aromatic nitrogens is 4. The van der Waals surface area contributed by atoms with E-state index in [-0.39, 0.29) is 0 Å². The van der Waals surface area contributed by atoms with E-state index in [0.29, 0.717) is 0 Å². The van der Waals surface area contributed by atoms with Gasteiger partial charge in [0.15, 0.2) is 0 Å². The SMILES string of the molecule is c1ccc(-n2c3ccc(-c4ccc5c(c4)c4ccccc4n5-c4cnc5c(c4)-c4cccc6nccc-5c46)cc3c3ccc4ccccc4c32)cc1. The summed E-state index contributed by atoms with van der Waals surface area (Å²) < 4.78 is 4.79. The number of fused-ring (bicyclic) bond motifs is 11. The van der Waals surface area contributed by atoms with Crippen LogP contribution in [0.3, 0.4) is 0 Å². The summed E-state index contributed by atoms with van der Waals surface area (Å²) in [5.41, 5.74) is 14.9. The second-order valence-corrected chi connectivity index (χ2v) is 13.8. The molecule has 4 heterocycles. The molecular formula is C48H28N4. The second-order valence-electron chi connectivity index (χ2n) is 13.8. The van der Waals surface area contributed by atoms with Crippen LogP contribution < -0.4 is 0 Å². The molecule has 0 amide bonds. The summed E-state index contributed by atoms with van der Waals surface area (Å²) in [5.74, 6) is 0. The Labute approximate surface area is 298 Å². The monoisotopic (exact) mass is 660 g/mol. The van der Waals surface area contributed by atoms with E-state index in [4.69, 9.17) is 4.98 Å². The molecule has 52 heavy (non-hydrogen) atoms. The molecule has 1 aliphatic carbocycles. The predicted molar refractivity (Wildman–Crippen MR) is 216 cm³/mol. The van der Waals surface area contributed by atoms with Crippen molar-refractivity contribution < 1.29 is 0 Å². The Morgan fingerprint density at radius 1 is 0.404 bits per heavy atom. The number of pyridine rings is 2. The van der Waals surface area contributed by atoms with Gasteiger partial charge < -0.3 is 9.13 Å². The van der Waals surface area contributed by atoms with Crippen molar-refractivity contribution in [1.29, 1.82) is 0 Å². The van der Waals surface area contributed by atoms with Crippen molar-refractivity contribution in [2.45, 2.75) is 0 Å². The summed E-state index contributed by atoms with van der Waals surface area (Å²) in [6.07, 6.45) is 3.91. The second kappa shape index (κ2) is 10.3. The van der Waals surface area contributed by atoms with Gasteiger partial charge in [0.05, 0.1) is 45.2 Å². The molecule has 0 radical (unpaired) electrons. The molecule has 11 aromatic rings. The number of rotatable bonds is 3. The zero-order valence-electron chi connectivity index (χ0n) is 28.0. The van der Waals surface area contributed by atoms with Crippen molar-refractivity contribution in [2.24, 2.45) is 0 Å². The Balaban J connectivity index is 1.06. The molecule has 0 spiro atoms. The topological polar surface area (TPSA) is 35.6 Å². The maximum atomic E-state index is 5.08. The molecule has 0 aliphatic heterocycles. The van der Waals surface area contributed by atoms with Gasteiger partial charge in [0.1, 0.15) is 0 Å². The lowest BCUT2D eigenvalue weighted by molar-refractivity contribution is 1.15. The molecule has 0 N–H and O–H groups in total. The first-order valence-corrected chi connectivity index (χ1v) is 17.7. The lowest BCUT2D eigenvalue weighted by Gasteiger charge is -2.11. The van der Waals surface area contributed by atoms with E-state index in [1.807, 2.05) is 12.4 Å². The van der Waals surface area contributed by atoms with Gasteiger partial charge in [-0.25, -0.2) is 0 Å². The first kappa shape index (κ1) is 27.7. The highest BCUT2D eigenvalue weighted by molar-refractivity contribution is 6.19. The van der Waals surface area contributed by atoms with E-state index in [1.165, 1.54) is 76.6 Å². The minimum atomic E-state index is 1.01. The minimum Gasteiger partial charge on any atom is -0.309 e. The van der Waals surface area contributed by atoms with Gasteiger partial charge in [-0.05, 0) is 82.7 Å². The van der Waals surface area contributed by atoms with Crippen molar-refractivity contribution in [3.05, 3.63) is 170 Å². The van der Waals surface area contributed by atoms with Crippen molar-refractivity contribution >= 4 is 65.3 Å². The Kier molecular flexibility index (Phi) is 5.47. The highest BCUT2D eigenvalue weighted by Gasteiger charge is 2.24. The van der Waals surface area contributed by atoms with Crippen molar-refractivity contribution in [1.82, 2.24) is 19.1 Å². The standard InChI is InChI=1S/C48H28N4/c1-2-10-32(11-3-1)52-45-22-19-31(26-40(45)37-20-17-29-9-4-5-12-34(29)48(37)52)30-18-21-44-39(25-30)35-13-6-7-16-43(35)51(44)33-27-41-36-14-8-15-42-46(36)38(23-24-49-42)47(41)50-28-33/h1-28H. The fourth-order valence-corrected chi connectivity index (χ4v) is 8.86. The van der Waals surface area contributed by atoms with Gasteiger partial charge in [-0.15, -0.1) is 0 Å². The molecule has 0 bridgehead atoms. The quantitative estimate of drug-likeness (QED) is 0.189. The molecule has 12 rings (SSSR count). The smallest absolute Gasteiger partial charge is 0.0789 e. The van der Waals surface area contributed by atoms with Crippen LogP contribution in [0.5, 0.6) is 0 Å². The van der Waals surface area contributed by atoms with Crippen LogP contribution in [-0.4, -0.2) is 19.1 Å². The van der Waals surface area contributed by atoms with Crippen molar-refractivity contribution in [3.63, 3.8) is 0 Å². The molecule has 1 aliphatic rings. The van der Waals surface area contributed by atoms with Crippen LogP contribution in [0, 0.1) is 0 Å². The average Bonchev–Trinajstić information content (AvgIpc) is 3.84. The fraction of sp³-hybridized carbons (Fsp3) is 0. The Morgan fingerprint density at radius 2 is 1.13 bits per heavy atom. The van der Waals surface area contributed by atoms with Crippen LogP contribution in [0.15, 0.2) is 170 Å². The van der Waals surface area contributed by atoms with Gasteiger partial charge in [-0.2, -0.15) is 0 Å². The molecule has 240 valence electrons. The first-order chi connectivity index (χ1) is 25.8. The number of para-hydroxylation sites is 2. The van der Waals surface area contributed by atoms with Crippen LogP contribution in [0.1, 0.15) is 0 Å². The molecule has 0 saturated carbocycles. The van der Waals surface area contributed by atoms with E-state index < -0.39 is 0 Å². The lowest BCUT2D eigenvalue weighted by Crippen LogP contribution is -1.96. The number of hydrogen-bond donors (Lipinski definition) is 0. The largest absolute Gasteiger partial charge is 0.309 e. The zero-order chi connectivity index (χ0) is 33.9. The van der Waals surface area contributed by atoms with Gasteiger partial charge in [-0.1, -0.05) is 97.1 Å². The van der Waals surface area contributed by atoms with Gasteiger partial charge in [0.2, 0.25) is 0 Å². The van der Waals surface area contributed by atoms with E-state index in [9.17, 15) is 0 Å². The minimum absolute atomic E-state index is 1.01. The molecule has 4 heteroatoms. The molecular weight excluding hydrogens is 633 g/mol. The van der Waals surface area contributed by atoms with Crippen LogP contribution >= 0.6 is 0 Å². The normalized spacial score (nSPS) is 12.2. The fourth-order valence-electron chi connectivity index (χ4n) is 8.86. The summed E-state index contributed by atoms with van der Waals surface area (Å²) in [6, 6.07) is 57.3. The summed E-state index contributed by atoms with van der Waals surface area (Å²) >= 11 is 0. The summed E-state index contributed by atoms with van der Waals surface area (Å²) in [4.78, 5) is 9.72. The Bertz CT molecular complexity index is 3290. The van der Waals surface area contributed by atoms with E-state index >= 15 is 0 Å². The van der Waals surface area contributed by atoms with Gasteiger partial charge in [-0.3, -0.25) is 9.97 Å². The van der Waals surface area contributed by atoms with Crippen LogP contribution in [0.25, 0.3) is 110 Å². The van der Waals surface area contributed by atoms with Gasteiger partial charge in [0, 0.05) is 55.3 Å². The molecule has 4 nitrogen and oxygen atoms in total. The Hall–Kier alpha value is -7.04. The lowest BCUT2D eigenvalue weighted by atomic mass is 10.00. The molecule has 4 aromatic heterocycles. The van der Waals surface area contributed by atoms with Crippen LogP contribution in [-0.2, 0) is 0 Å². The summed E-state index contributed by atoms with van der Waals surface area (Å²) in [6.45, 7) is 0. The number of hydrogen-bond acceptors (Lipinski definition) is 2. The van der Waals surface area contributed by atoms with Crippen molar-refractivity contribution in [3.8, 4) is 44.9 Å². The predicted octanol–water partition coefficient (Wildman–Crippen LogP) is 12.3. The molecule has 7 aromatic carbocycles. The molecule has 0 fully saturated rings. The maximum Gasteiger partial charge on any atom is 0.0789 e. The van der Waals surface area contributed by atoms with Gasteiger partial charge in [0.25, 0.3) is 0 Å². The molecule has 0 saturated heterocycles. The first-order valence-electron chi connectivity index (χ1n) is 17.7. The summed E-state index contributed by atoms with van der Waals surface area (Å²) in [5, 5.41) is 8.65. The molecule has 0 atom stereocenters. The molecule has 0 unspecified atom stereocenters. The third-order valence-corrected chi connectivity index (χ3v) is 11.1. The maximum absolute atomic E-state index is 5.08. The highest BCUT2D eigenvalue weighted by Crippen LogP contribution is 2.47. The number of benzene rings is 7.